The maximum absolute atomic E-state index is 12.9. The molecule has 160 valence electrons. The molecule has 1 fully saturated rings. The van der Waals surface area contributed by atoms with Crippen LogP contribution in [0.5, 0.6) is 0 Å². The number of anilines is 1. The summed E-state index contributed by atoms with van der Waals surface area (Å²) >= 11 is 0. The fraction of sp³-hybridized carbons (Fsp3) is 0.571. The van der Waals surface area contributed by atoms with Crippen LogP contribution in [-0.2, 0) is 12.7 Å². The number of nitrogens with zero attached hydrogens (tertiary/aromatic N) is 4. The van der Waals surface area contributed by atoms with E-state index < -0.39 is 11.7 Å². The first-order valence-corrected chi connectivity index (χ1v) is 10.0. The van der Waals surface area contributed by atoms with Gasteiger partial charge in [0, 0.05) is 51.0 Å². The maximum Gasteiger partial charge on any atom is 0.416 e. The molecule has 1 saturated heterocycles. The van der Waals surface area contributed by atoms with Crippen LogP contribution in [0.2, 0.25) is 0 Å². The summed E-state index contributed by atoms with van der Waals surface area (Å²) in [6.07, 6.45) is -4.30. The van der Waals surface area contributed by atoms with E-state index in [1.807, 2.05) is 11.0 Å². The molecule has 0 unspecified atom stereocenters. The lowest BCUT2D eigenvalue weighted by molar-refractivity contribution is -0.137. The molecule has 0 aliphatic carbocycles. The first-order valence-electron chi connectivity index (χ1n) is 10.0. The number of rotatable bonds is 7. The first kappa shape index (κ1) is 21.6. The fourth-order valence-electron chi connectivity index (χ4n) is 3.44. The first-order chi connectivity index (χ1) is 13.7. The Morgan fingerprint density at radius 2 is 1.86 bits per heavy atom. The number of halogens is 3. The minimum absolute atomic E-state index is 0.353. The third-order valence-electron chi connectivity index (χ3n) is 5.30. The minimum atomic E-state index is -4.30. The number of aromatic nitrogens is 1. The van der Waals surface area contributed by atoms with Crippen molar-refractivity contribution in [2.24, 2.45) is 0 Å². The molecule has 2 aromatic rings. The Bertz CT molecular complexity index is 782. The van der Waals surface area contributed by atoms with Crippen molar-refractivity contribution in [1.29, 1.82) is 0 Å². The predicted octanol–water partition coefficient (Wildman–Crippen LogP) is 4.07. The number of hydrogen-bond acceptors (Lipinski definition) is 5. The van der Waals surface area contributed by atoms with Crippen molar-refractivity contribution in [3.63, 3.8) is 0 Å². The van der Waals surface area contributed by atoms with E-state index >= 15 is 0 Å². The van der Waals surface area contributed by atoms with Crippen LogP contribution >= 0.6 is 0 Å². The van der Waals surface area contributed by atoms with Crippen molar-refractivity contribution in [2.45, 2.75) is 32.5 Å². The van der Waals surface area contributed by atoms with Crippen LogP contribution in [0, 0.1) is 0 Å². The Hall–Kier alpha value is -2.06. The van der Waals surface area contributed by atoms with Gasteiger partial charge in [-0.25, -0.2) is 0 Å². The minimum Gasteiger partial charge on any atom is -0.369 e. The van der Waals surface area contributed by atoms with Gasteiger partial charge in [0.15, 0.2) is 5.76 Å². The molecule has 0 spiro atoms. The van der Waals surface area contributed by atoms with Crippen LogP contribution in [0.3, 0.4) is 0 Å². The molecule has 3 rings (SSSR count). The molecule has 1 aliphatic heterocycles. The summed E-state index contributed by atoms with van der Waals surface area (Å²) in [6, 6.07) is 7.60. The van der Waals surface area contributed by atoms with Crippen LogP contribution in [0.15, 0.2) is 34.9 Å². The highest BCUT2D eigenvalue weighted by Crippen LogP contribution is 2.31. The highest BCUT2D eigenvalue weighted by molar-refractivity contribution is 5.49. The Morgan fingerprint density at radius 1 is 1.14 bits per heavy atom. The van der Waals surface area contributed by atoms with Gasteiger partial charge in [0.1, 0.15) is 0 Å². The van der Waals surface area contributed by atoms with Gasteiger partial charge in [0.2, 0.25) is 0 Å². The molecule has 1 aliphatic rings. The van der Waals surface area contributed by atoms with E-state index in [1.165, 1.54) is 12.1 Å². The smallest absolute Gasteiger partial charge is 0.369 e. The van der Waals surface area contributed by atoms with Gasteiger partial charge in [-0.05, 0) is 31.2 Å². The highest BCUT2D eigenvalue weighted by atomic mass is 19.4. The molecule has 2 heterocycles. The van der Waals surface area contributed by atoms with E-state index in [4.69, 9.17) is 4.52 Å². The molecule has 0 radical (unpaired) electrons. The fourth-order valence-corrected chi connectivity index (χ4v) is 3.44. The third kappa shape index (κ3) is 5.96. The summed E-state index contributed by atoms with van der Waals surface area (Å²) in [5, 5.41) is 4.09. The van der Waals surface area contributed by atoms with Gasteiger partial charge in [-0.15, -0.1) is 0 Å². The van der Waals surface area contributed by atoms with Gasteiger partial charge >= 0.3 is 6.18 Å². The largest absolute Gasteiger partial charge is 0.416 e. The van der Waals surface area contributed by atoms with Crippen molar-refractivity contribution >= 4 is 5.69 Å². The summed E-state index contributed by atoms with van der Waals surface area (Å²) in [5.74, 6) is 1.22. The summed E-state index contributed by atoms with van der Waals surface area (Å²) in [7, 11) is 2.05. The Labute approximate surface area is 170 Å². The molecule has 8 heteroatoms. The van der Waals surface area contributed by atoms with Crippen molar-refractivity contribution < 1.29 is 17.7 Å². The molecular formula is C21H29F3N4O. The van der Waals surface area contributed by atoms with Crippen molar-refractivity contribution in [3.8, 4) is 0 Å². The quantitative estimate of drug-likeness (QED) is 0.688. The molecule has 1 aromatic carbocycles. The lowest BCUT2D eigenvalue weighted by atomic mass is 10.1. The standard InChI is InChI=1S/C21H29F3N4O/c1-16(2)20-14-19(29-25-20)15-26(3)7-8-27-9-11-28(12-10-27)18-6-4-5-17(13-18)21(22,23)24/h4-6,13-14,16H,7-12,15H2,1-3H3. The number of benzene rings is 1. The number of piperazine rings is 1. The van der Waals surface area contributed by atoms with E-state index in [9.17, 15) is 13.2 Å². The van der Waals surface area contributed by atoms with Crippen molar-refractivity contribution in [3.05, 3.63) is 47.3 Å². The maximum atomic E-state index is 12.9. The summed E-state index contributed by atoms with van der Waals surface area (Å²) in [5.41, 5.74) is 1.02. The van der Waals surface area contributed by atoms with Crippen LogP contribution in [0.25, 0.3) is 0 Å². The Morgan fingerprint density at radius 3 is 2.48 bits per heavy atom. The Kier molecular flexibility index (Phi) is 6.85. The van der Waals surface area contributed by atoms with Gasteiger partial charge in [0.25, 0.3) is 0 Å². The second-order valence-electron chi connectivity index (χ2n) is 7.99. The molecule has 5 nitrogen and oxygen atoms in total. The number of hydrogen-bond donors (Lipinski definition) is 0. The lowest BCUT2D eigenvalue weighted by Crippen LogP contribution is -2.48. The number of likely N-dealkylation sites (N-methyl/N-ethyl adjacent to an activating group) is 1. The monoisotopic (exact) mass is 410 g/mol. The molecule has 0 saturated carbocycles. The van der Waals surface area contributed by atoms with Crippen molar-refractivity contribution in [1.82, 2.24) is 15.0 Å². The predicted molar refractivity (Wildman–Crippen MR) is 107 cm³/mol. The SMILES string of the molecule is CC(C)c1cc(CN(C)CCN2CCN(c3cccc(C(F)(F)F)c3)CC2)on1. The lowest BCUT2D eigenvalue weighted by Gasteiger charge is -2.36. The molecule has 0 bridgehead atoms. The normalized spacial score (nSPS) is 16.2. The van der Waals surface area contributed by atoms with E-state index in [0.717, 1.165) is 56.8 Å². The van der Waals surface area contributed by atoms with Gasteiger partial charge in [-0.1, -0.05) is 25.1 Å². The van der Waals surface area contributed by atoms with E-state index in [2.05, 4.69) is 35.9 Å². The summed E-state index contributed by atoms with van der Waals surface area (Å²) < 4.78 is 44.2. The van der Waals surface area contributed by atoms with Gasteiger partial charge in [0.05, 0.1) is 17.8 Å². The van der Waals surface area contributed by atoms with Gasteiger partial charge in [-0.3, -0.25) is 9.80 Å². The van der Waals surface area contributed by atoms with Crippen molar-refractivity contribution in [2.75, 3.05) is 51.2 Å². The number of alkyl halides is 3. The van der Waals surface area contributed by atoms with Crippen LogP contribution in [0.1, 0.15) is 36.8 Å². The molecular weight excluding hydrogens is 381 g/mol. The summed E-state index contributed by atoms with van der Waals surface area (Å²) in [6.45, 7) is 9.82. The summed E-state index contributed by atoms with van der Waals surface area (Å²) in [4.78, 5) is 6.57. The second-order valence-corrected chi connectivity index (χ2v) is 7.99. The topological polar surface area (TPSA) is 35.8 Å². The van der Waals surface area contributed by atoms with E-state index in [1.54, 1.807) is 6.07 Å². The van der Waals surface area contributed by atoms with E-state index in [-0.39, 0.29) is 0 Å². The zero-order valence-electron chi connectivity index (χ0n) is 17.2. The average molecular weight is 410 g/mol. The molecule has 1 aromatic heterocycles. The van der Waals surface area contributed by atoms with E-state index in [0.29, 0.717) is 18.2 Å². The average Bonchev–Trinajstić information content (AvgIpc) is 3.15. The molecule has 0 N–H and O–H groups in total. The van der Waals surface area contributed by atoms with Gasteiger partial charge < -0.3 is 9.42 Å². The van der Waals surface area contributed by atoms with Crippen LogP contribution in [-0.4, -0.2) is 61.3 Å². The third-order valence-corrected chi connectivity index (χ3v) is 5.30. The van der Waals surface area contributed by atoms with Crippen LogP contribution < -0.4 is 4.90 Å². The van der Waals surface area contributed by atoms with Crippen LogP contribution in [0.4, 0.5) is 18.9 Å². The second kappa shape index (κ2) is 9.17. The van der Waals surface area contributed by atoms with Gasteiger partial charge in [-0.2, -0.15) is 13.2 Å². The Balaban J connectivity index is 1.44. The molecule has 0 amide bonds. The zero-order valence-corrected chi connectivity index (χ0v) is 17.2. The highest BCUT2D eigenvalue weighted by Gasteiger charge is 2.31. The zero-order chi connectivity index (χ0) is 21.0. The molecule has 29 heavy (non-hydrogen) atoms. The molecule has 0 atom stereocenters.